The van der Waals surface area contributed by atoms with Gasteiger partial charge < -0.3 is 10.5 Å². The van der Waals surface area contributed by atoms with Crippen molar-refractivity contribution in [3.05, 3.63) is 28.2 Å². The maximum Gasteiger partial charge on any atom is 0.123 e. The van der Waals surface area contributed by atoms with Gasteiger partial charge in [-0.15, -0.1) is 0 Å². The summed E-state index contributed by atoms with van der Waals surface area (Å²) >= 11 is 3.45. The van der Waals surface area contributed by atoms with Crippen molar-refractivity contribution in [2.75, 3.05) is 6.54 Å². The van der Waals surface area contributed by atoms with Gasteiger partial charge in [0.05, 0.1) is 0 Å². The highest BCUT2D eigenvalue weighted by Crippen LogP contribution is 2.28. The highest BCUT2D eigenvalue weighted by molar-refractivity contribution is 9.10. The Hall–Kier alpha value is -0.540. The lowest BCUT2D eigenvalue weighted by atomic mass is 9.89. The van der Waals surface area contributed by atoms with Crippen LogP contribution in [0.25, 0.3) is 0 Å². The zero-order valence-corrected chi connectivity index (χ0v) is 12.0. The highest BCUT2D eigenvalue weighted by Gasteiger charge is 2.25. The SMILES string of the molecule is Cc1ccc(Br)cc1OC(CN)C(C)(C)C. The molecule has 2 nitrogen and oxygen atoms in total. The molecular weight excluding hydrogens is 266 g/mol. The van der Waals surface area contributed by atoms with Gasteiger partial charge in [-0.3, -0.25) is 0 Å². The van der Waals surface area contributed by atoms with Crippen molar-refractivity contribution < 1.29 is 4.74 Å². The molecule has 0 aliphatic carbocycles. The Labute approximate surface area is 106 Å². The van der Waals surface area contributed by atoms with E-state index in [9.17, 15) is 0 Å². The molecule has 0 aliphatic rings. The van der Waals surface area contributed by atoms with Gasteiger partial charge >= 0.3 is 0 Å². The third-order valence-corrected chi connectivity index (χ3v) is 3.09. The average Bonchev–Trinajstić information content (AvgIpc) is 2.17. The number of hydrogen-bond acceptors (Lipinski definition) is 2. The maximum absolute atomic E-state index is 5.98. The van der Waals surface area contributed by atoms with Gasteiger partial charge in [-0.1, -0.05) is 42.8 Å². The second kappa shape index (κ2) is 5.19. The minimum atomic E-state index is 0.0282. The van der Waals surface area contributed by atoms with Crippen molar-refractivity contribution in [2.45, 2.75) is 33.8 Å². The minimum Gasteiger partial charge on any atom is -0.488 e. The van der Waals surface area contributed by atoms with E-state index < -0.39 is 0 Å². The molecule has 0 heterocycles. The summed E-state index contributed by atoms with van der Waals surface area (Å²) in [6.07, 6.45) is 0.0282. The zero-order valence-electron chi connectivity index (χ0n) is 10.4. The lowest BCUT2D eigenvalue weighted by Gasteiger charge is -2.30. The fourth-order valence-corrected chi connectivity index (χ4v) is 1.77. The lowest BCUT2D eigenvalue weighted by molar-refractivity contribution is 0.0934. The Morgan fingerprint density at radius 3 is 2.50 bits per heavy atom. The normalized spacial score (nSPS) is 13.6. The zero-order chi connectivity index (χ0) is 12.3. The van der Waals surface area contributed by atoms with Gasteiger partial charge in [0.1, 0.15) is 11.9 Å². The van der Waals surface area contributed by atoms with Crippen molar-refractivity contribution in [2.24, 2.45) is 11.1 Å². The molecule has 1 aromatic rings. The van der Waals surface area contributed by atoms with Crippen molar-refractivity contribution in [3.8, 4) is 5.75 Å². The second-order valence-corrected chi connectivity index (χ2v) is 6.03. The van der Waals surface area contributed by atoms with Crippen molar-refractivity contribution in [1.29, 1.82) is 0 Å². The second-order valence-electron chi connectivity index (χ2n) is 5.12. The van der Waals surface area contributed by atoms with Gasteiger partial charge in [-0.2, -0.15) is 0 Å². The predicted octanol–water partition coefficient (Wildman–Crippen LogP) is 3.51. The molecule has 1 unspecified atom stereocenters. The van der Waals surface area contributed by atoms with E-state index in [2.05, 4.69) is 36.7 Å². The van der Waals surface area contributed by atoms with Gasteiger partial charge in [-0.05, 0) is 24.6 Å². The smallest absolute Gasteiger partial charge is 0.123 e. The molecule has 16 heavy (non-hydrogen) atoms. The van der Waals surface area contributed by atoms with Crippen LogP contribution in [-0.2, 0) is 0 Å². The predicted molar refractivity (Wildman–Crippen MR) is 71.8 cm³/mol. The molecule has 1 aromatic carbocycles. The largest absolute Gasteiger partial charge is 0.488 e. The molecule has 0 aromatic heterocycles. The summed E-state index contributed by atoms with van der Waals surface area (Å²) < 4.78 is 7.01. The topological polar surface area (TPSA) is 35.2 Å². The van der Waals surface area contributed by atoms with Crippen LogP contribution in [0, 0.1) is 12.3 Å². The Morgan fingerprint density at radius 1 is 1.38 bits per heavy atom. The van der Waals surface area contributed by atoms with E-state index in [0.717, 1.165) is 15.8 Å². The number of hydrogen-bond donors (Lipinski definition) is 1. The van der Waals surface area contributed by atoms with Crippen molar-refractivity contribution in [1.82, 2.24) is 0 Å². The molecule has 2 N–H and O–H groups in total. The molecule has 0 bridgehead atoms. The minimum absolute atomic E-state index is 0.0282. The monoisotopic (exact) mass is 285 g/mol. The highest BCUT2D eigenvalue weighted by atomic mass is 79.9. The molecule has 0 spiro atoms. The number of halogens is 1. The van der Waals surface area contributed by atoms with E-state index in [0.29, 0.717) is 6.54 Å². The van der Waals surface area contributed by atoms with Gasteiger partial charge in [0.25, 0.3) is 0 Å². The summed E-state index contributed by atoms with van der Waals surface area (Å²) in [6.45, 7) is 8.97. The van der Waals surface area contributed by atoms with Crippen LogP contribution in [0.15, 0.2) is 22.7 Å². The Kier molecular flexibility index (Phi) is 4.39. The van der Waals surface area contributed by atoms with Crippen LogP contribution in [0.3, 0.4) is 0 Å². The van der Waals surface area contributed by atoms with Crippen LogP contribution in [0.2, 0.25) is 0 Å². The summed E-state index contributed by atoms with van der Waals surface area (Å²) in [5.74, 6) is 0.903. The van der Waals surface area contributed by atoms with Gasteiger partial charge in [0.2, 0.25) is 0 Å². The average molecular weight is 286 g/mol. The van der Waals surface area contributed by atoms with E-state index in [1.165, 1.54) is 0 Å². The third kappa shape index (κ3) is 3.49. The summed E-state index contributed by atoms with van der Waals surface area (Å²) in [5.41, 5.74) is 6.93. The fraction of sp³-hybridized carbons (Fsp3) is 0.538. The molecule has 3 heteroatoms. The first-order chi connectivity index (χ1) is 7.34. The van der Waals surface area contributed by atoms with Crippen LogP contribution in [0.5, 0.6) is 5.75 Å². The Balaban J connectivity index is 2.90. The first kappa shape index (κ1) is 13.5. The van der Waals surface area contributed by atoms with Crippen molar-refractivity contribution in [3.63, 3.8) is 0 Å². The molecule has 0 aliphatic heterocycles. The summed E-state index contributed by atoms with van der Waals surface area (Å²) in [4.78, 5) is 0. The Bertz CT molecular complexity index is 357. The van der Waals surface area contributed by atoms with Crippen LogP contribution in [0.1, 0.15) is 26.3 Å². The van der Waals surface area contributed by atoms with Crippen LogP contribution >= 0.6 is 15.9 Å². The van der Waals surface area contributed by atoms with E-state index in [-0.39, 0.29) is 11.5 Å². The standard InChI is InChI=1S/C13H20BrNO/c1-9-5-6-10(14)7-11(9)16-12(8-15)13(2,3)4/h5-7,12H,8,15H2,1-4H3. The van der Waals surface area contributed by atoms with Gasteiger partial charge in [0, 0.05) is 16.4 Å². The molecule has 0 fully saturated rings. The Morgan fingerprint density at radius 2 is 2.00 bits per heavy atom. The van der Waals surface area contributed by atoms with Crippen molar-refractivity contribution >= 4 is 15.9 Å². The van der Waals surface area contributed by atoms with Crippen LogP contribution < -0.4 is 10.5 Å². The van der Waals surface area contributed by atoms with Gasteiger partial charge in [0.15, 0.2) is 0 Å². The van der Waals surface area contributed by atoms with E-state index >= 15 is 0 Å². The van der Waals surface area contributed by atoms with Crippen LogP contribution in [0.4, 0.5) is 0 Å². The van der Waals surface area contributed by atoms with E-state index in [1.54, 1.807) is 0 Å². The first-order valence-electron chi connectivity index (χ1n) is 5.47. The first-order valence-corrected chi connectivity index (χ1v) is 6.27. The molecule has 0 saturated heterocycles. The molecule has 0 saturated carbocycles. The van der Waals surface area contributed by atoms with Gasteiger partial charge in [-0.25, -0.2) is 0 Å². The summed E-state index contributed by atoms with van der Waals surface area (Å²) in [6, 6.07) is 6.04. The summed E-state index contributed by atoms with van der Waals surface area (Å²) in [5, 5.41) is 0. The van der Waals surface area contributed by atoms with E-state index in [1.807, 2.05) is 25.1 Å². The fourth-order valence-electron chi connectivity index (χ4n) is 1.43. The van der Waals surface area contributed by atoms with E-state index in [4.69, 9.17) is 10.5 Å². The number of aryl methyl sites for hydroxylation is 1. The number of ether oxygens (including phenoxy) is 1. The summed E-state index contributed by atoms with van der Waals surface area (Å²) in [7, 11) is 0. The van der Waals surface area contributed by atoms with Crippen LogP contribution in [-0.4, -0.2) is 12.6 Å². The molecule has 90 valence electrons. The molecular formula is C13H20BrNO. The maximum atomic E-state index is 5.98. The lowest BCUT2D eigenvalue weighted by Crippen LogP contribution is -2.38. The molecule has 1 atom stereocenters. The third-order valence-electron chi connectivity index (χ3n) is 2.60. The molecule has 0 amide bonds. The quantitative estimate of drug-likeness (QED) is 0.922. The molecule has 1 rings (SSSR count). The number of nitrogens with two attached hydrogens (primary N) is 1. The molecule has 0 radical (unpaired) electrons. The number of rotatable bonds is 3. The number of benzene rings is 1.